The van der Waals surface area contributed by atoms with E-state index in [-0.39, 0.29) is 5.91 Å². The molecule has 0 bridgehead atoms. The van der Waals surface area contributed by atoms with Crippen molar-refractivity contribution in [2.24, 2.45) is 0 Å². The minimum absolute atomic E-state index is 0.0801. The summed E-state index contributed by atoms with van der Waals surface area (Å²) in [5, 5.41) is 0. The number of hydrogen-bond donors (Lipinski definition) is 0. The molecule has 0 unspecified atom stereocenters. The van der Waals surface area contributed by atoms with E-state index in [1.807, 2.05) is 36.4 Å². The van der Waals surface area contributed by atoms with Crippen molar-refractivity contribution in [3.63, 3.8) is 0 Å². The second-order valence-electron chi connectivity index (χ2n) is 6.06. The first-order valence-corrected chi connectivity index (χ1v) is 8.76. The molecule has 0 atom stereocenters. The van der Waals surface area contributed by atoms with Gasteiger partial charge < -0.3 is 4.90 Å². The molecule has 1 amide bonds. The number of imidazole rings is 1. The molecule has 3 aromatic rings. The fourth-order valence-electron chi connectivity index (χ4n) is 3.08. The highest BCUT2D eigenvalue weighted by molar-refractivity contribution is 5.79. The molecule has 0 saturated heterocycles. The van der Waals surface area contributed by atoms with E-state index >= 15 is 0 Å². The first-order valence-electron chi connectivity index (χ1n) is 8.76. The number of benzene rings is 2. The quantitative estimate of drug-likeness (QED) is 0.575. The predicted molar refractivity (Wildman–Crippen MR) is 106 cm³/mol. The molecule has 4 nitrogen and oxygen atoms in total. The molecule has 0 aliphatic rings. The number of aryl methyl sites for hydroxylation is 1. The number of carbonyl (C=O) groups excluding carboxylic acids is 1. The number of amides is 1. The zero-order chi connectivity index (χ0) is 18.4. The van der Waals surface area contributed by atoms with Crippen LogP contribution >= 0.6 is 0 Å². The third kappa shape index (κ3) is 3.75. The van der Waals surface area contributed by atoms with Crippen molar-refractivity contribution in [3.8, 4) is 5.69 Å². The predicted octanol–water partition coefficient (Wildman–Crippen LogP) is 4.16. The summed E-state index contributed by atoms with van der Waals surface area (Å²) in [6, 6.07) is 18.2. The maximum Gasteiger partial charge on any atom is 0.223 e. The van der Waals surface area contributed by atoms with Gasteiger partial charge in [-0.3, -0.25) is 9.36 Å². The standard InChI is InChI=1S/C22H23N3O/c1-3-16-24(17-4-2)22(26)15-14-21-23-19-12-8-9-13-20(19)25(21)18-10-6-5-7-11-18/h3-13H,1-2,14-17H2. The third-order valence-corrected chi connectivity index (χ3v) is 4.26. The maximum atomic E-state index is 12.6. The van der Waals surface area contributed by atoms with Gasteiger partial charge in [-0.05, 0) is 24.3 Å². The van der Waals surface area contributed by atoms with Gasteiger partial charge in [0.2, 0.25) is 5.91 Å². The number of hydrogen-bond acceptors (Lipinski definition) is 2. The molecule has 0 saturated carbocycles. The van der Waals surface area contributed by atoms with E-state index in [1.54, 1.807) is 17.1 Å². The largest absolute Gasteiger partial charge is 0.335 e. The summed E-state index contributed by atoms with van der Waals surface area (Å²) in [6.07, 6.45) is 4.45. The van der Waals surface area contributed by atoms with Crippen LogP contribution < -0.4 is 0 Å². The molecule has 132 valence electrons. The Kier molecular flexibility index (Phi) is 5.64. The second-order valence-corrected chi connectivity index (χ2v) is 6.06. The van der Waals surface area contributed by atoms with Crippen LogP contribution in [0.3, 0.4) is 0 Å². The average molecular weight is 345 g/mol. The number of fused-ring (bicyclic) bond motifs is 1. The van der Waals surface area contributed by atoms with Crippen LogP contribution in [-0.2, 0) is 11.2 Å². The summed E-state index contributed by atoms with van der Waals surface area (Å²) < 4.78 is 2.13. The Balaban J connectivity index is 1.89. The van der Waals surface area contributed by atoms with Gasteiger partial charge in [0.05, 0.1) is 11.0 Å². The number of rotatable bonds is 8. The fraction of sp³-hybridized carbons (Fsp3) is 0.182. The molecular weight excluding hydrogens is 322 g/mol. The smallest absolute Gasteiger partial charge is 0.223 e. The molecular formula is C22H23N3O. The Morgan fingerprint density at radius 2 is 1.65 bits per heavy atom. The van der Waals surface area contributed by atoms with Gasteiger partial charge in [0, 0.05) is 31.6 Å². The molecule has 1 aromatic heterocycles. The number of nitrogens with zero attached hydrogens (tertiary/aromatic N) is 3. The molecule has 0 fully saturated rings. The van der Waals surface area contributed by atoms with E-state index in [0.29, 0.717) is 25.9 Å². The van der Waals surface area contributed by atoms with E-state index in [0.717, 1.165) is 22.5 Å². The first-order chi connectivity index (χ1) is 12.7. The summed E-state index contributed by atoms with van der Waals surface area (Å²) in [6.45, 7) is 8.50. The van der Waals surface area contributed by atoms with Crippen LogP contribution in [0.4, 0.5) is 0 Å². The van der Waals surface area contributed by atoms with E-state index < -0.39 is 0 Å². The summed E-state index contributed by atoms with van der Waals surface area (Å²) in [4.78, 5) is 19.1. The van der Waals surface area contributed by atoms with Crippen LogP contribution in [0.5, 0.6) is 0 Å². The minimum Gasteiger partial charge on any atom is -0.335 e. The Hall–Kier alpha value is -3.14. The van der Waals surface area contributed by atoms with Crippen molar-refractivity contribution in [1.82, 2.24) is 14.5 Å². The van der Waals surface area contributed by atoms with Crippen molar-refractivity contribution < 1.29 is 4.79 Å². The zero-order valence-corrected chi connectivity index (χ0v) is 14.8. The van der Waals surface area contributed by atoms with Gasteiger partial charge >= 0.3 is 0 Å². The lowest BCUT2D eigenvalue weighted by Gasteiger charge is -2.19. The van der Waals surface area contributed by atoms with Crippen molar-refractivity contribution in [1.29, 1.82) is 0 Å². The summed E-state index contributed by atoms with van der Waals surface area (Å²) in [5.41, 5.74) is 3.04. The molecule has 2 aromatic carbocycles. The molecule has 4 heteroatoms. The summed E-state index contributed by atoms with van der Waals surface area (Å²) in [7, 11) is 0. The van der Waals surface area contributed by atoms with Crippen LogP contribution in [-0.4, -0.2) is 33.4 Å². The summed E-state index contributed by atoms with van der Waals surface area (Å²) >= 11 is 0. The Morgan fingerprint density at radius 3 is 2.35 bits per heavy atom. The number of carbonyl (C=O) groups is 1. The highest BCUT2D eigenvalue weighted by Gasteiger charge is 2.16. The van der Waals surface area contributed by atoms with Gasteiger partial charge in [0.1, 0.15) is 5.82 Å². The topological polar surface area (TPSA) is 38.1 Å². The molecule has 26 heavy (non-hydrogen) atoms. The van der Waals surface area contributed by atoms with Crippen molar-refractivity contribution in [2.75, 3.05) is 13.1 Å². The van der Waals surface area contributed by atoms with Gasteiger partial charge in [-0.2, -0.15) is 0 Å². The zero-order valence-electron chi connectivity index (χ0n) is 14.8. The molecule has 1 heterocycles. The lowest BCUT2D eigenvalue weighted by atomic mass is 10.2. The Labute approximate surface area is 154 Å². The second kappa shape index (κ2) is 8.30. The Morgan fingerprint density at radius 1 is 1.00 bits per heavy atom. The van der Waals surface area contributed by atoms with Gasteiger partial charge in [0.15, 0.2) is 0 Å². The van der Waals surface area contributed by atoms with Crippen LogP contribution in [0.2, 0.25) is 0 Å². The molecule has 0 aliphatic carbocycles. The third-order valence-electron chi connectivity index (χ3n) is 4.26. The lowest BCUT2D eigenvalue weighted by molar-refractivity contribution is -0.130. The summed E-state index contributed by atoms with van der Waals surface area (Å²) in [5.74, 6) is 0.972. The van der Waals surface area contributed by atoms with Gasteiger partial charge in [-0.25, -0.2) is 4.98 Å². The highest BCUT2D eigenvalue weighted by atomic mass is 16.2. The lowest BCUT2D eigenvalue weighted by Crippen LogP contribution is -2.31. The van der Waals surface area contributed by atoms with Gasteiger partial charge in [-0.15, -0.1) is 13.2 Å². The molecule has 0 aliphatic heterocycles. The molecule has 0 N–H and O–H groups in total. The molecule has 3 rings (SSSR count). The molecule has 0 spiro atoms. The van der Waals surface area contributed by atoms with E-state index in [1.165, 1.54) is 0 Å². The van der Waals surface area contributed by atoms with Gasteiger partial charge in [-0.1, -0.05) is 42.5 Å². The minimum atomic E-state index is 0.0801. The van der Waals surface area contributed by atoms with Crippen LogP contribution in [0.25, 0.3) is 16.7 Å². The van der Waals surface area contributed by atoms with E-state index in [4.69, 9.17) is 4.98 Å². The van der Waals surface area contributed by atoms with Crippen molar-refractivity contribution in [2.45, 2.75) is 12.8 Å². The normalized spacial score (nSPS) is 10.6. The van der Waals surface area contributed by atoms with Crippen LogP contribution in [0.15, 0.2) is 79.9 Å². The van der Waals surface area contributed by atoms with Crippen LogP contribution in [0.1, 0.15) is 12.2 Å². The SMILES string of the molecule is C=CCN(CC=C)C(=O)CCc1nc2ccccc2n1-c1ccccc1. The highest BCUT2D eigenvalue weighted by Crippen LogP contribution is 2.22. The van der Waals surface area contributed by atoms with E-state index in [2.05, 4.69) is 35.9 Å². The van der Waals surface area contributed by atoms with Gasteiger partial charge in [0.25, 0.3) is 0 Å². The fourth-order valence-corrected chi connectivity index (χ4v) is 3.08. The van der Waals surface area contributed by atoms with Crippen molar-refractivity contribution in [3.05, 3.63) is 85.7 Å². The van der Waals surface area contributed by atoms with E-state index in [9.17, 15) is 4.79 Å². The monoisotopic (exact) mass is 345 g/mol. The molecule has 0 radical (unpaired) electrons. The maximum absolute atomic E-state index is 12.6. The Bertz CT molecular complexity index is 902. The van der Waals surface area contributed by atoms with Crippen molar-refractivity contribution >= 4 is 16.9 Å². The number of para-hydroxylation sites is 3. The van der Waals surface area contributed by atoms with Crippen LogP contribution in [0, 0.1) is 0 Å². The average Bonchev–Trinajstić information content (AvgIpc) is 3.05. The first kappa shape index (κ1) is 17.7. The number of aromatic nitrogens is 2.